The molecule has 146 valence electrons. The van der Waals surface area contributed by atoms with Gasteiger partial charge in [0.2, 0.25) is 0 Å². The summed E-state index contributed by atoms with van der Waals surface area (Å²) in [6, 6.07) is 7.64. The third-order valence-electron chi connectivity index (χ3n) is 4.76. The molecular formula is C21H28N2O4. The zero-order valence-electron chi connectivity index (χ0n) is 16.5. The van der Waals surface area contributed by atoms with Gasteiger partial charge in [0.15, 0.2) is 0 Å². The van der Waals surface area contributed by atoms with Crippen molar-refractivity contribution in [3.05, 3.63) is 57.0 Å². The normalized spacial score (nSPS) is 15.3. The van der Waals surface area contributed by atoms with E-state index in [-0.39, 0.29) is 24.1 Å². The maximum atomic E-state index is 12.2. The first kappa shape index (κ1) is 19.6. The van der Waals surface area contributed by atoms with E-state index in [9.17, 15) is 9.90 Å². The maximum absolute atomic E-state index is 12.2. The highest BCUT2D eigenvalue weighted by molar-refractivity contribution is 5.38. The van der Waals surface area contributed by atoms with E-state index >= 15 is 0 Å². The predicted octanol–water partition coefficient (Wildman–Crippen LogP) is 2.36. The van der Waals surface area contributed by atoms with Crippen LogP contribution in [-0.4, -0.2) is 34.2 Å². The second kappa shape index (κ2) is 7.82. The molecule has 0 aliphatic carbocycles. The lowest BCUT2D eigenvalue weighted by atomic mass is 9.86. The molecule has 1 N–H and O–H groups in total. The minimum atomic E-state index is -0.824. The van der Waals surface area contributed by atoms with Gasteiger partial charge in [-0.15, -0.1) is 0 Å². The van der Waals surface area contributed by atoms with Gasteiger partial charge in [0, 0.05) is 18.1 Å². The molecule has 27 heavy (non-hydrogen) atoms. The van der Waals surface area contributed by atoms with Gasteiger partial charge in [0.1, 0.15) is 18.5 Å². The molecule has 2 aromatic rings. The van der Waals surface area contributed by atoms with Crippen molar-refractivity contribution in [1.29, 1.82) is 0 Å². The molecule has 6 heteroatoms. The Morgan fingerprint density at radius 3 is 2.81 bits per heavy atom. The molecule has 1 aliphatic heterocycles. The van der Waals surface area contributed by atoms with E-state index in [1.54, 1.807) is 6.07 Å². The van der Waals surface area contributed by atoms with Crippen molar-refractivity contribution >= 4 is 0 Å². The third-order valence-corrected chi connectivity index (χ3v) is 4.76. The van der Waals surface area contributed by atoms with Crippen molar-refractivity contribution in [3.63, 3.8) is 0 Å². The number of benzene rings is 1. The third kappa shape index (κ3) is 4.76. The van der Waals surface area contributed by atoms with Crippen LogP contribution in [0.5, 0.6) is 5.75 Å². The van der Waals surface area contributed by atoms with Crippen LogP contribution in [0.3, 0.4) is 0 Å². The van der Waals surface area contributed by atoms with E-state index in [1.165, 1.54) is 10.2 Å². The molecule has 1 unspecified atom stereocenters. The van der Waals surface area contributed by atoms with Crippen LogP contribution in [0.1, 0.15) is 43.2 Å². The summed E-state index contributed by atoms with van der Waals surface area (Å²) >= 11 is 0. The number of rotatable bonds is 5. The first-order chi connectivity index (χ1) is 12.7. The summed E-state index contributed by atoms with van der Waals surface area (Å²) < 4.78 is 12.4. The fraction of sp³-hybridized carbons (Fsp3) is 0.524. The van der Waals surface area contributed by atoms with Crippen molar-refractivity contribution in [3.8, 4) is 5.75 Å². The summed E-state index contributed by atoms with van der Waals surface area (Å²) in [4.78, 5) is 12.2. The first-order valence-corrected chi connectivity index (χ1v) is 9.33. The Bertz CT molecular complexity index is 867. The number of fused-ring (bicyclic) bond motifs is 1. The molecule has 1 aromatic carbocycles. The number of nitrogens with zero attached hydrogens (tertiary/aromatic N) is 2. The Morgan fingerprint density at radius 1 is 1.33 bits per heavy atom. The summed E-state index contributed by atoms with van der Waals surface area (Å²) in [6.07, 6.45) is -0.142. The van der Waals surface area contributed by atoms with Crippen LogP contribution in [0, 0.1) is 6.92 Å². The highest BCUT2D eigenvalue weighted by Gasteiger charge is 2.17. The number of hydrogen-bond acceptors (Lipinski definition) is 5. The first-order valence-electron chi connectivity index (χ1n) is 9.33. The summed E-state index contributed by atoms with van der Waals surface area (Å²) in [7, 11) is 0. The van der Waals surface area contributed by atoms with Crippen LogP contribution < -0.4 is 10.3 Å². The molecular weight excluding hydrogens is 344 g/mol. The Hall–Kier alpha value is -2.18. The maximum Gasteiger partial charge on any atom is 0.267 e. The second-order valence-corrected chi connectivity index (χ2v) is 8.13. The van der Waals surface area contributed by atoms with Crippen LogP contribution in [0.2, 0.25) is 0 Å². The molecule has 0 amide bonds. The molecule has 1 atom stereocenters. The molecule has 1 aliphatic rings. The van der Waals surface area contributed by atoms with Crippen LogP contribution >= 0.6 is 0 Å². The van der Waals surface area contributed by atoms with Gasteiger partial charge in [-0.25, -0.2) is 4.68 Å². The van der Waals surface area contributed by atoms with Gasteiger partial charge in [-0.2, -0.15) is 5.10 Å². The van der Waals surface area contributed by atoms with Gasteiger partial charge in [-0.3, -0.25) is 4.79 Å². The fourth-order valence-electron chi connectivity index (χ4n) is 3.10. The molecule has 6 nitrogen and oxygen atoms in total. The SMILES string of the molecule is Cc1cc(C(C)(C)C)ccc1OCC(O)Cn1nc2c(cc1=O)COCC2. The van der Waals surface area contributed by atoms with Crippen molar-refractivity contribution in [2.45, 2.75) is 58.8 Å². The molecule has 0 bridgehead atoms. The van der Waals surface area contributed by atoms with Gasteiger partial charge in [0.25, 0.3) is 5.56 Å². The second-order valence-electron chi connectivity index (χ2n) is 8.13. The van der Waals surface area contributed by atoms with Crippen LogP contribution in [-0.2, 0) is 29.7 Å². The molecule has 0 saturated carbocycles. The Kier molecular flexibility index (Phi) is 5.67. The predicted molar refractivity (Wildman–Crippen MR) is 103 cm³/mol. The summed E-state index contributed by atoms with van der Waals surface area (Å²) in [6.45, 7) is 9.73. The van der Waals surface area contributed by atoms with Gasteiger partial charge >= 0.3 is 0 Å². The van der Waals surface area contributed by atoms with Gasteiger partial charge in [-0.05, 0) is 29.5 Å². The van der Waals surface area contributed by atoms with Crippen LogP contribution in [0.25, 0.3) is 0 Å². The van der Waals surface area contributed by atoms with Crippen molar-refractivity contribution < 1.29 is 14.6 Å². The highest BCUT2D eigenvalue weighted by atomic mass is 16.5. The molecule has 2 heterocycles. The average Bonchev–Trinajstić information content (AvgIpc) is 2.60. The molecule has 1 aromatic heterocycles. The zero-order valence-corrected chi connectivity index (χ0v) is 16.5. The van der Waals surface area contributed by atoms with E-state index < -0.39 is 6.10 Å². The van der Waals surface area contributed by atoms with E-state index in [1.807, 2.05) is 19.1 Å². The molecule has 0 saturated heterocycles. The average molecular weight is 372 g/mol. The number of aliphatic hydroxyl groups excluding tert-OH is 1. The lowest BCUT2D eigenvalue weighted by Crippen LogP contribution is -2.33. The topological polar surface area (TPSA) is 73.6 Å². The summed E-state index contributed by atoms with van der Waals surface area (Å²) in [5.41, 5.74) is 3.81. The Morgan fingerprint density at radius 2 is 2.11 bits per heavy atom. The standard InChI is InChI=1S/C21H28N2O4/c1-14-9-16(21(2,3)4)5-6-19(14)27-13-17(24)11-23-20(25)10-15-12-26-8-7-18(15)22-23/h5-6,9-10,17,24H,7-8,11-13H2,1-4H3. The van der Waals surface area contributed by atoms with Gasteiger partial charge < -0.3 is 14.6 Å². The number of aromatic nitrogens is 2. The minimum Gasteiger partial charge on any atom is -0.491 e. The van der Waals surface area contributed by atoms with Crippen molar-refractivity contribution in [1.82, 2.24) is 9.78 Å². The van der Waals surface area contributed by atoms with E-state index in [0.717, 1.165) is 22.6 Å². The quantitative estimate of drug-likeness (QED) is 0.872. The Balaban J connectivity index is 1.63. The lowest BCUT2D eigenvalue weighted by molar-refractivity contribution is 0.0852. The number of hydrogen-bond donors (Lipinski definition) is 1. The largest absolute Gasteiger partial charge is 0.491 e. The van der Waals surface area contributed by atoms with Crippen molar-refractivity contribution in [2.24, 2.45) is 0 Å². The number of aryl methyl sites for hydroxylation is 1. The number of aliphatic hydroxyl groups is 1. The van der Waals surface area contributed by atoms with Gasteiger partial charge in [-0.1, -0.05) is 32.9 Å². The van der Waals surface area contributed by atoms with Crippen LogP contribution in [0.15, 0.2) is 29.1 Å². The van der Waals surface area contributed by atoms with E-state index in [2.05, 4.69) is 31.9 Å². The lowest BCUT2D eigenvalue weighted by Gasteiger charge is -2.21. The summed E-state index contributed by atoms with van der Waals surface area (Å²) in [5, 5.41) is 14.7. The van der Waals surface area contributed by atoms with Crippen molar-refractivity contribution in [2.75, 3.05) is 13.2 Å². The van der Waals surface area contributed by atoms with Crippen LogP contribution in [0.4, 0.5) is 0 Å². The van der Waals surface area contributed by atoms with E-state index in [4.69, 9.17) is 9.47 Å². The fourth-order valence-corrected chi connectivity index (χ4v) is 3.10. The Labute approximate surface area is 159 Å². The minimum absolute atomic E-state index is 0.0765. The molecule has 0 radical (unpaired) electrons. The van der Waals surface area contributed by atoms with Gasteiger partial charge in [0.05, 0.1) is 25.5 Å². The monoisotopic (exact) mass is 372 g/mol. The molecule has 0 fully saturated rings. The highest BCUT2D eigenvalue weighted by Crippen LogP contribution is 2.27. The smallest absolute Gasteiger partial charge is 0.267 e. The molecule has 0 spiro atoms. The summed E-state index contributed by atoms with van der Waals surface area (Å²) in [5.74, 6) is 0.741. The number of ether oxygens (including phenoxy) is 2. The zero-order chi connectivity index (χ0) is 19.6. The molecule has 3 rings (SSSR count). The van der Waals surface area contributed by atoms with E-state index in [0.29, 0.717) is 19.6 Å².